The molecule has 10 nitrogen and oxygen atoms in total. The highest BCUT2D eigenvalue weighted by atomic mass is 16.6. The van der Waals surface area contributed by atoms with Crippen molar-refractivity contribution < 1.29 is 24.0 Å². The van der Waals surface area contributed by atoms with Crippen LogP contribution in [-0.2, 0) is 17.9 Å². The van der Waals surface area contributed by atoms with Crippen LogP contribution in [0.2, 0.25) is 0 Å². The van der Waals surface area contributed by atoms with Crippen LogP contribution in [0.25, 0.3) is 0 Å². The van der Waals surface area contributed by atoms with Crippen molar-refractivity contribution in [3.05, 3.63) is 45.3 Å². The van der Waals surface area contributed by atoms with E-state index in [-0.39, 0.29) is 36.1 Å². The van der Waals surface area contributed by atoms with Gasteiger partial charge in [-0.25, -0.2) is 4.79 Å². The van der Waals surface area contributed by atoms with Gasteiger partial charge in [-0.1, -0.05) is 0 Å². The molecule has 0 saturated heterocycles. The normalized spacial score (nSPS) is 10.6. The maximum atomic E-state index is 12.2. The van der Waals surface area contributed by atoms with E-state index in [0.717, 1.165) is 0 Å². The molecule has 10 heteroatoms. The van der Waals surface area contributed by atoms with Crippen molar-refractivity contribution in [1.29, 1.82) is 0 Å². The van der Waals surface area contributed by atoms with Gasteiger partial charge < -0.3 is 24.5 Å². The van der Waals surface area contributed by atoms with E-state index in [9.17, 15) is 19.7 Å². The fraction of sp³-hybridized carbons (Fsp3) is 0.357. The number of hydrogen-bond acceptors (Lipinski definition) is 6. The molecule has 0 atom stereocenters. The molecule has 2 aromatic rings. The maximum Gasteiger partial charge on any atom is 0.381 e. The Labute approximate surface area is 136 Å². The van der Waals surface area contributed by atoms with Crippen molar-refractivity contribution in [3.63, 3.8) is 0 Å². The van der Waals surface area contributed by atoms with Crippen LogP contribution in [-0.4, -0.2) is 43.4 Å². The molecule has 0 spiro atoms. The zero-order valence-corrected chi connectivity index (χ0v) is 13.3. The molecule has 0 radical (unpaired) electrons. The average Bonchev–Trinajstić information content (AvgIpc) is 3.02. The van der Waals surface area contributed by atoms with Crippen molar-refractivity contribution in [2.75, 3.05) is 7.05 Å². The lowest BCUT2D eigenvalue weighted by Crippen LogP contribution is -2.29. The number of aromatic nitrogens is 2. The minimum absolute atomic E-state index is 0.0481. The summed E-state index contributed by atoms with van der Waals surface area (Å²) in [5, 5.41) is 19.7. The van der Waals surface area contributed by atoms with Crippen LogP contribution in [0.3, 0.4) is 0 Å². The van der Waals surface area contributed by atoms with E-state index >= 15 is 0 Å². The number of nitrogens with zero attached hydrogens (tertiary/aromatic N) is 4. The molecule has 0 saturated carbocycles. The Kier molecular flexibility index (Phi) is 4.67. The van der Waals surface area contributed by atoms with Crippen LogP contribution in [0.1, 0.15) is 27.7 Å². The van der Waals surface area contributed by atoms with Gasteiger partial charge in [-0.15, -0.1) is 0 Å². The fourth-order valence-corrected chi connectivity index (χ4v) is 2.16. The second-order valence-electron chi connectivity index (χ2n) is 5.27. The van der Waals surface area contributed by atoms with Gasteiger partial charge in [-0.05, 0) is 22.9 Å². The summed E-state index contributed by atoms with van der Waals surface area (Å²) in [6, 6.07) is 1.37. The number of nitro groups is 1. The average molecular weight is 336 g/mol. The number of furan rings is 1. The van der Waals surface area contributed by atoms with Gasteiger partial charge in [0.25, 0.3) is 0 Å². The van der Waals surface area contributed by atoms with Crippen LogP contribution in [0.15, 0.2) is 16.7 Å². The molecule has 0 bridgehead atoms. The number of rotatable bonds is 6. The zero-order chi connectivity index (χ0) is 18.0. The number of carbonyl (C=O) groups excluding carboxylic acids is 1. The van der Waals surface area contributed by atoms with Crippen LogP contribution < -0.4 is 0 Å². The largest absolute Gasteiger partial charge is 0.478 e. The van der Waals surface area contributed by atoms with Crippen molar-refractivity contribution >= 4 is 17.7 Å². The highest BCUT2D eigenvalue weighted by molar-refractivity contribution is 5.88. The van der Waals surface area contributed by atoms with E-state index in [0.29, 0.717) is 11.6 Å². The summed E-state index contributed by atoms with van der Waals surface area (Å²) in [6.07, 6.45) is 1.20. The number of amides is 1. The van der Waals surface area contributed by atoms with Crippen molar-refractivity contribution in [2.45, 2.75) is 26.9 Å². The molecule has 1 amide bonds. The summed E-state index contributed by atoms with van der Waals surface area (Å²) in [4.78, 5) is 38.4. The summed E-state index contributed by atoms with van der Waals surface area (Å²) < 4.78 is 6.71. The third kappa shape index (κ3) is 3.59. The van der Waals surface area contributed by atoms with Crippen LogP contribution >= 0.6 is 0 Å². The van der Waals surface area contributed by atoms with E-state index in [1.165, 1.54) is 35.7 Å². The standard InChI is InChI=1S/C14H16N4O6/c1-8-11(14(20)21)4-10(24-8)5-16(3)13(19)7-17-6-12(18(22)23)15-9(17)2/h4,6H,5,7H2,1-3H3,(H,20,21). The first-order valence-electron chi connectivity index (χ1n) is 6.93. The minimum Gasteiger partial charge on any atom is -0.478 e. The van der Waals surface area contributed by atoms with Crippen molar-refractivity contribution in [3.8, 4) is 0 Å². The summed E-state index contributed by atoms with van der Waals surface area (Å²) >= 11 is 0. The number of carbonyl (C=O) groups is 2. The van der Waals surface area contributed by atoms with Crippen molar-refractivity contribution in [2.24, 2.45) is 0 Å². The highest BCUT2D eigenvalue weighted by Crippen LogP contribution is 2.16. The van der Waals surface area contributed by atoms with Gasteiger partial charge in [0.2, 0.25) is 11.7 Å². The Bertz CT molecular complexity index is 806. The topological polar surface area (TPSA) is 132 Å². The monoisotopic (exact) mass is 336 g/mol. The summed E-state index contributed by atoms with van der Waals surface area (Å²) in [5.74, 6) is -0.788. The molecule has 0 aliphatic rings. The fourth-order valence-electron chi connectivity index (χ4n) is 2.16. The van der Waals surface area contributed by atoms with Crippen molar-refractivity contribution in [1.82, 2.24) is 14.5 Å². The van der Waals surface area contributed by atoms with E-state index < -0.39 is 10.9 Å². The number of aryl methyl sites for hydroxylation is 2. The Hall–Kier alpha value is -3.17. The lowest BCUT2D eigenvalue weighted by molar-refractivity contribution is -0.389. The first-order valence-corrected chi connectivity index (χ1v) is 6.93. The minimum atomic E-state index is -1.10. The number of imidazole rings is 1. The molecular weight excluding hydrogens is 320 g/mol. The Morgan fingerprint density at radius 1 is 1.46 bits per heavy atom. The molecule has 0 fully saturated rings. The van der Waals surface area contributed by atoms with Gasteiger partial charge >= 0.3 is 11.8 Å². The lowest BCUT2D eigenvalue weighted by Gasteiger charge is -2.15. The molecule has 128 valence electrons. The molecule has 2 rings (SSSR count). The first-order chi connectivity index (χ1) is 11.2. The molecule has 1 N–H and O–H groups in total. The molecule has 24 heavy (non-hydrogen) atoms. The van der Waals surface area contributed by atoms with Gasteiger partial charge in [0, 0.05) is 14.0 Å². The van der Waals surface area contributed by atoms with Gasteiger partial charge in [-0.2, -0.15) is 0 Å². The van der Waals surface area contributed by atoms with Crippen LogP contribution in [0.4, 0.5) is 5.82 Å². The van der Waals surface area contributed by atoms with E-state index in [2.05, 4.69) is 4.98 Å². The number of hydrogen-bond donors (Lipinski definition) is 1. The summed E-state index contributed by atoms with van der Waals surface area (Å²) in [5.41, 5.74) is 0.0481. The third-order valence-corrected chi connectivity index (χ3v) is 3.47. The van der Waals surface area contributed by atoms with Gasteiger partial charge in [0.1, 0.15) is 29.8 Å². The second kappa shape index (κ2) is 6.52. The number of likely N-dealkylation sites (N-methyl/N-ethyl adjacent to an activating group) is 1. The molecule has 0 aliphatic heterocycles. The predicted octanol–water partition coefficient (Wildman–Crippen LogP) is 1.36. The van der Waals surface area contributed by atoms with Gasteiger partial charge in [0.15, 0.2) is 0 Å². The van der Waals surface area contributed by atoms with E-state index in [1.54, 1.807) is 6.92 Å². The number of carboxylic acid groups (broad SMARTS) is 1. The Morgan fingerprint density at radius 3 is 2.62 bits per heavy atom. The SMILES string of the molecule is Cc1oc(CN(C)C(=O)Cn2cc([N+](=O)[O-])nc2C)cc1C(=O)O. The lowest BCUT2D eigenvalue weighted by atomic mass is 10.2. The first kappa shape index (κ1) is 17.2. The summed E-state index contributed by atoms with van der Waals surface area (Å²) in [6.45, 7) is 3.06. The van der Waals surface area contributed by atoms with Gasteiger partial charge in [0.05, 0.1) is 6.54 Å². The maximum absolute atomic E-state index is 12.2. The molecule has 0 unspecified atom stereocenters. The predicted molar refractivity (Wildman–Crippen MR) is 80.5 cm³/mol. The molecule has 0 aliphatic carbocycles. The smallest absolute Gasteiger partial charge is 0.381 e. The number of carboxylic acids is 1. The zero-order valence-electron chi connectivity index (χ0n) is 13.3. The number of aromatic carboxylic acids is 1. The quantitative estimate of drug-likeness (QED) is 0.622. The van der Waals surface area contributed by atoms with E-state index in [4.69, 9.17) is 9.52 Å². The highest BCUT2D eigenvalue weighted by Gasteiger charge is 2.20. The van der Waals surface area contributed by atoms with Gasteiger partial charge in [-0.3, -0.25) is 9.36 Å². The molecular formula is C14H16N4O6. The Balaban J connectivity index is 2.06. The van der Waals surface area contributed by atoms with Crippen LogP contribution in [0, 0.1) is 24.0 Å². The molecule has 0 aromatic carbocycles. The third-order valence-electron chi connectivity index (χ3n) is 3.47. The summed E-state index contributed by atoms with van der Waals surface area (Å²) in [7, 11) is 1.53. The molecule has 2 aromatic heterocycles. The van der Waals surface area contributed by atoms with E-state index in [1.807, 2.05) is 0 Å². The molecule has 2 heterocycles. The Morgan fingerprint density at radius 2 is 2.12 bits per heavy atom. The second-order valence-corrected chi connectivity index (χ2v) is 5.27. The van der Waals surface area contributed by atoms with Crippen LogP contribution in [0.5, 0.6) is 0 Å².